The number of aryl methyl sites for hydroxylation is 1. The van der Waals surface area contributed by atoms with Gasteiger partial charge in [-0.15, -0.1) is 0 Å². The first-order valence-electron chi connectivity index (χ1n) is 9.25. The molecule has 0 aliphatic carbocycles. The van der Waals surface area contributed by atoms with Crippen molar-refractivity contribution in [1.29, 1.82) is 0 Å². The molecule has 0 fully saturated rings. The second-order valence-corrected chi connectivity index (χ2v) is 9.28. The van der Waals surface area contributed by atoms with Crippen LogP contribution in [-0.4, -0.2) is 42.6 Å². The molecular weight excluding hydrogens is 430 g/mol. The van der Waals surface area contributed by atoms with E-state index in [4.69, 9.17) is 16.3 Å². The lowest BCUT2D eigenvalue weighted by Gasteiger charge is -2.17. The minimum absolute atomic E-state index is 0.0291. The average Bonchev–Trinajstić information content (AvgIpc) is 2.72. The van der Waals surface area contributed by atoms with Crippen LogP contribution in [0.1, 0.15) is 6.92 Å². The van der Waals surface area contributed by atoms with Gasteiger partial charge in [-0.3, -0.25) is 14.2 Å². The average molecular weight is 452 g/mol. The number of hydrogen-bond acceptors (Lipinski definition) is 5. The summed E-state index contributed by atoms with van der Waals surface area (Å²) in [7, 11) is -0.860. The van der Waals surface area contributed by atoms with E-state index in [9.17, 15) is 18.0 Å². The molecule has 0 saturated carbocycles. The van der Waals surface area contributed by atoms with Crippen LogP contribution in [0.3, 0.4) is 0 Å². The van der Waals surface area contributed by atoms with E-state index in [1.54, 1.807) is 37.3 Å². The van der Waals surface area contributed by atoms with Gasteiger partial charge in [0.15, 0.2) is 0 Å². The van der Waals surface area contributed by atoms with E-state index in [1.807, 2.05) is 0 Å². The smallest absolute Gasteiger partial charge is 0.317 e. The number of aromatic nitrogens is 2. The maximum Gasteiger partial charge on any atom is 0.317 e. The molecule has 1 aromatic heterocycles. The van der Waals surface area contributed by atoms with Crippen molar-refractivity contribution in [2.24, 2.45) is 0 Å². The molecule has 30 heavy (non-hydrogen) atoms. The lowest BCUT2D eigenvalue weighted by molar-refractivity contribution is 0.298. The summed E-state index contributed by atoms with van der Waals surface area (Å²) in [6.07, 6.45) is 0. The third-order valence-corrected chi connectivity index (χ3v) is 6.83. The predicted octanol–water partition coefficient (Wildman–Crippen LogP) is 2.17. The van der Waals surface area contributed by atoms with Gasteiger partial charge < -0.3 is 9.30 Å². The Hall–Kier alpha value is -2.62. The van der Waals surface area contributed by atoms with Crippen LogP contribution in [0.5, 0.6) is 5.75 Å². The van der Waals surface area contributed by atoms with Gasteiger partial charge in [0.1, 0.15) is 12.4 Å². The molecule has 10 heteroatoms. The van der Waals surface area contributed by atoms with Crippen molar-refractivity contribution in [3.63, 3.8) is 0 Å². The molecular formula is C20H22ClN3O5S. The normalized spacial score (nSPS) is 11.9. The molecule has 0 radical (unpaired) electrons. The highest BCUT2D eigenvalue weighted by Gasteiger charge is 2.20. The van der Waals surface area contributed by atoms with E-state index in [0.29, 0.717) is 21.8 Å². The van der Waals surface area contributed by atoms with Gasteiger partial charge >= 0.3 is 11.1 Å². The third-order valence-electron chi connectivity index (χ3n) is 4.71. The highest BCUT2D eigenvalue weighted by Crippen LogP contribution is 2.23. The summed E-state index contributed by atoms with van der Waals surface area (Å²) in [5.74, 6) is 0.453. The van der Waals surface area contributed by atoms with Crippen LogP contribution >= 0.6 is 11.6 Å². The Morgan fingerprint density at radius 1 is 1.00 bits per heavy atom. The van der Waals surface area contributed by atoms with E-state index in [1.165, 1.54) is 35.4 Å². The molecule has 0 saturated heterocycles. The maximum absolute atomic E-state index is 12.8. The molecule has 0 amide bonds. The van der Waals surface area contributed by atoms with E-state index in [-0.39, 0.29) is 24.6 Å². The molecule has 3 aromatic rings. The van der Waals surface area contributed by atoms with Gasteiger partial charge in [0.05, 0.1) is 27.5 Å². The minimum Gasteiger partial charge on any atom is -0.490 e. The Morgan fingerprint density at radius 3 is 2.30 bits per heavy atom. The van der Waals surface area contributed by atoms with Crippen LogP contribution in [0.2, 0.25) is 5.02 Å². The lowest BCUT2D eigenvalue weighted by atomic mass is 10.2. The standard InChI is InChI=1S/C20H22ClN3O5S/c1-4-23-16-10-9-14(30(27,28)22(2)3)13-17(16)24(20(26)19(23)25)11-12-29-18-8-6-5-7-15(18)21/h5-10,13H,4,11-12H2,1-3H3. The minimum atomic E-state index is -3.71. The van der Waals surface area contributed by atoms with Crippen molar-refractivity contribution in [3.05, 3.63) is 68.2 Å². The maximum atomic E-state index is 12.8. The number of nitrogens with zero attached hydrogens (tertiary/aromatic N) is 3. The van der Waals surface area contributed by atoms with Crippen LogP contribution in [0, 0.1) is 0 Å². The highest BCUT2D eigenvalue weighted by molar-refractivity contribution is 7.89. The van der Waals surface area contributed by atoms with E-state index in [2.05, 4.69) is 0 Å². The monoisotopic (exact) mass is 451 g/mol. The van der Waals surface area contributed by atoms with E-state index < -0.39 is 21.1 Å². The van der Waals surface area contributed by atoms with Crippen molar-refractivity contribution < 1.29 is 13.2 Å². The van der Waals surface area contributed by atoms with Crippen molar-refractivity contribution in [3.8, 4) is 5.75 Å². The third kappa shape index (κ3) is 4.00. The second-order valence-electron chi connectivity index (χ2n) is 6.72. The SMILES string of the molecule is CCn1c(=O)c(=O)n(CCOc2ccccc2Cl)c2cc(S(=O)(=O)N(C)C)ccc21. The van der Waals surface area contributed by atoms with Gasteiger partial charge in [-0.05, 0) is 37.3 Å². The van der Waals surface area contributed by atoms with Gasteiger partial charge in [-0.1, -0.05) is 23.7 Å². The van der Waals surface area contributed by atoms with Crippen LogP contribution in [0.15, 0.2) is 56.9 Å². The molecule has 2 aromatic carbocycles. The fourth-order valence-electron chi connectivity index (χ4n) is 3.11. The molecule has 3 rings (SSSR count). The number of sulfonamides is 1. The lowest BCUT2D eigenvalue weighted by Crippen LogP contribution is -2.42. The first-order chi connectivity index (χ1) is 14.2. The van der Waals surface area contributed by atoms with Crippen LogP contribution in [-0.2, 0) is 23.1 Å². The van der Waals surface area contributed by atoms with E-state index >= 15 is 0 Å². The Labute approximate surface area is 178 Å². The molecule has 160 valence electrons. The van der Waals surface area contributed by atoms with Crippen LogP contribution < -0.4 is 15.9 Å². The number of rotatable bonds is 7. The summed E-state index contributed by atoms with van der Waals surface area (Å²) < 4.78 is 34.4. The van der Waals surface area contributed by atoms with Crippen molar-refractivity contribution >= 4 is 32.7 Å². The number of ether oxygens (including phenoxy) is 1. The van der Waals surface area contributed by atoms with Crippen molar-refractivity contribution in [1.82, 2.24) is 13.4 Å². The molecule has 1 heterocycles. The topological polar surface area (TPSA) is 90.6 Å². The number of hydrogen-bond donors (Lipinski definition) is 0. The molecule has 0 N–H and O–H groups in total. The Balaban J connectivity index is 2.11. The van der Waals surface area contributed by atoms with Gasteiger partial charge in [0.25, 0.3) is 0 Å². The number of para-hydroxylation sites is 1. The van der Waals surface area contributed by atoms with E-state index in [0.717, 1.165) is 4.31 Å². The number of halogens is 1. The number of benzene rings is 2. The molecule has 8 nitrogen and oxygen atoms in total. The molecule has 0 aliphatic heterocycles. The van der Waals surface area contributed by atoms with Crippen LogP contribution in [0.4, 0.5) is 0 Å². The van der Waals surface area contributed by atoms with Crippen LogP contribution in [0.25, 0.3) is 11.0 Å². The first kappa shape index (κ1) is 22.1. The highest BCUT2D eigenvalue weighted by atomic mass is 35.5. The first-order valence-corrected chi connectivity index (χ1v) is 11.1. The quantitative estimate of drug-likeness (QED) is 0.513. The zero-order valence-electron chi connectivity index (χ0n) is 16.8. The summed E-state index contributed by atoms with van der Waals surface area (Å²) in [6.45, 7) is 2.14. The van der Waals surface area contributed by atoms with Gasteiger partial charge in [0, 0.05) is 20.6 Å². The molecule has 0 bridgehead atoms. The molecule has 0 atom stereocenters. The zero-order valence-corrected chi connectivity index (χ0v) is 18.4. The summed E-state index contributed by atoms with van der Waals surface area (Å²) in [5.41, 5.74) is -0.609. The number of fused-ring (bicyclic) bond motifs is 1. The molecule has 0 spiro atoms. The summed E-state index contributed by atoms with van der Waals surface area (Å²) in [6, 6.07) is 11.3. The van der Waals surface area contributed by atoms with Gasteiger partial charge in [0.2, 0.25) is 10.0 Å². The Kier molecular flexibility index (Phi) is 6.35. The van der Waals surface area contributed by atoms with Crippen molar-refractivity contribution in [2.75, 3.05) is 20.7 Å². The summed E-state index contributed by atoms with van der Waals surface area (Å²) in [5, 5.41) is 0.426. The predicted molar refractivity (Wildman–Crippen MR) is 116 cm³/mol. The Morgan fingerprint density at radius 2 is 1.67 bits per heavy atom. The summed E-state index contributed by atoms with van der Waals surface area (Å²) >= 11 is 6.08. The Bertz CT molecular complexity index is 1310. The zero-order chi connectivity index (χ0) is 22.1. The fraction of sp³-hybridized carbons (Fsp3) is 0.300. The summed E-state index contributed by atoms with van der Waals surface area (Å²) in [4.78, 5) is 25.3. The second kappa shape index (κ2) is 8.63. The fourth-order valence-corrected chi connectivity index (χ4v) is 4.23. The largest absolute Gasteiger partial charge is 0.490 e. The van der Waals surface area contributed by atoms with Gasteiger partial charge in [-0.25, -0.2) is 12.7 Å². The van der Waals surface area contributed by atoms with Gasteiger partial charge in [-0.2, -0.15) is 0 Å². The molecule has 0 aliphatic rings. The van der Waals surface area contributed by atoms with Crippen molar-refractivity contribution in [2.45, 2.75) is 24.9 Å². The molecule has 0 unspecified atom stereocenters.